The summed E-state index contributed by atoms with van der Waals surface area (Å²) in [6.45, 7) is 3.93. The van der Waals surface area contributed by atoms with Crippen LogP contribution in [0.2, 0.25) is 0 Å². The second-order valence-corrected chi connectivity index (χ2v) is 6.68. The van der Waals surface area contributed by atoms with E-state index < -0.39 is 0 Å². The summed E-state index contributed by atoms with van der Waals surface area (Å²) in [7, 11) is 6.20. The minimum atomic E-state index is 0.222. The van der Waals surface area contributed by atoms with E-state index in [1.54, 1.807) is 6.26 Å². The molecule has 0 bridgehead atoms. The van der Waals surface area contributed by atoms with Gasteiger partial charge in [-0.15, -0.1) is 0 Å². The normalized spacial score (nSPS) is 26.2. The molecule has 1 aromatic rings. The molecule has 2 unspecified atom stereocenters. The quantitative estimate of drug-likeness (QED) is 0.648. The van der Waals surface area contributed by atoms with Crippen LogP contribution in [0.1, 0.15) is 38.4 Å². The highest BCUT2D eigenvalue weighted by Crippen LogP contribution is 2.35. The number of hydrogen-bond donors (Lipinski definition) is 2. The van der Waals surface area contributed by atoms with Gasteiger partial charge in [-0.05, 0) is 45.0 Å². The molecule has 1 aromatic heterocycles. The minimum Gasteiger partial charge on any atom is -0.467 e. The highest BCUT2D eigenvalue weighted by Gasteiger charge is 2.36. The van der Waals surface area contributed by atoms with Crippen LogP contribution in [0.15, 0.2) is 27.8 Å². The molecule has 2 N–H and O–H groups in total. The van der Waals surface area contributed by atoms with E-state index in [1.807, 2.05) is 19.2 Å². The summed E-state index contributed by atoms with van der Waals surface area (Å²) in [6, 6.07) is 3.86. The molecule has 1 fully saturated rings. The summed E-state index contributed by atoms with van der Waals surface area (Å²) in [4.78, 5) is 6.70. The maximum atomic E-state index is 5.34. The summed E-state index contributed by atoms with van der Waals surface area (Å²) >= 11 is 0. The molecule has 5 heteroatoms. The Hall–Kier alpha value is -1.49. The first-order valence-corrected chi connectivity index (χ1v) is 8.20. The van der Waals surface area contributed by atoms with Gasteiger partial charge in [0.2, 0.25) is 0 Å². The van der Waals surface area contributed by atoms with E-state index in [0.29, 0.717) is 6.54 Å². The molecule has 0 spiro atoms. The zero-order chi connectivity index (χ0) is 16.0. The smallest absolute Gasteiger partial charge is 0.191 e. The van der Waals surface area contributed by atoms with Crippen LogP contribution in [0, 0.1) is 5.92 Å². The maximum absolute atomic E-state index is 5.34. The Bertz CT molecular complexity index is 469. The van der Waals surface area contributed by atoms with E-state index >= 15 is 0 Å². The van der Waals surface area contributed by atoms with Crippen LogP contribution >= 0.6 is 0 Å². The monoisotopic (exact) mass is 306 g/mol. The number of furan rings is 1. The third kappa shape index (κ3) is 4.26. The topological polar surface area (TPSA) is 52.8 Å². The highest BCUT2D eigenvalue weighted by atomic mass is 16.3. The molecule has 2 atom stereocenters. The Morgan fingerprint density at radius 1 is 1.45 bits per heavy atom. The Labute approximate surface area is 134 Å². The summed E-state index contributed by atoms with van der Waals surface area (Å²) in [5.74, 6) is 2.53. The fraction of sp³-hybridized carbons (Fsp3) is 0.706. The van der Waals surface area contributed by atoms with Crippen LogP contribution in [0.3, 0.4) is 0 Å². The van der Waals surface area contributed by atoms with E-state index in [9.17, 15) is 0 Å². The molecule has 1 saturated carbocycles. The number of rotatable bonds is 5. The van der Waals surface area contributed by atoms with Gasteiger partial charge in [-0.1, -0.05) is 19.8 Å². The molecule has 0 saturated heterocycles. The van der Waals surface area contributed by atoms with Crippen molar-refractivity contribution in [3.63, 3.8) is 0 Å². The second kappa shape index (κ2) is 7.68. The molecule has 1 aliphatic carbocycles. The van der Waals surface area contributed by atoms with Gasteiger partial charge in [0, 0.05) is 19.1 Å². The molecule has 0 radical (unpaired) electrons. The minimum absolute atomic E-state index is 0.222. The van der Waals surface area contributed by atoms with Gasteiger partial charge in [-0.2, -0.15) is 0 Å². The molecule has 0 aromatic carbocycles. The molecule has 22 heavy (non-hydrogen) atoms. The molecule has 2 rings (SSSR count). The van der Waals surface area contributed by atoms with Crippen molar-refractivity contribution in [2.75, 3.05) is 27.7 Å². The zero-order valence-electron chi connectivity index (χ0n) is 14.4. The molecular weight excluding hydrogens is 276 g/mol. The lowest BCUT2D eigenvalue weighted by atomic mass is 9.75. The van der Waals surface area contributed by atoms with Gasteiger partial charge in [-0.3, -0.25) is 4.99 Å². The van der Waals surface area contributed by atoms with E-state index in [1.165, 1.54) is 25.7 Å². The molecule has 124 valence electrons. The highest BCUT2D eigenvalue weighted by molar-refractivity contribution is 5.79. The van der Waals surface area contributed by atoms with E-state index in [-0.39, 0.29) is 5.54 Å². The standard InChI is InChI=1S/C17H30N4O/c1-14-7-5-9-17(11-14,21(3)4)13-20-16(18-2)19-12-15-8-6-10-22-15/h6,8,10,14H,5,7,9,11-13H2,1-4H3,(H2,18,19,20). The lowest BCUT2D eigenvalue weighted by molar-refractivity contribution is 0.0795. The largest absolute Gasteiger partial charge is 0.467 e. The van der Waals surface area contributed by atoms with E-state index in [2.05, 4.69) is 41.5 Å². The first kappa shape index (κ1) is 16.9. The first-order chi connectivity index (χ1) is 10.6. The summed E-state index contributed by atoms with van der Waals surface area (Å²) in [5.41, 5.74) is 0.222. The third-order valence-corrected chi connectivity index (χ3v) is 4.83. The van der Waals surface area contributed by atoms with Gasteiger partial charge in [0.05, 0.1) is 12.8 Å². The van der Waals surface area contributed by atoms with Gasteiger partial charge < -0.3 is 20.0 Å². The van der Waals surface area contributed by atoms with Crippen molar-refractivity contribution in [3.05, 3.63) is 24.2 Å². The van der Waals surface area contributed by atoms with Crippen LogP contribution < -0.4 is 10.6 Å². The van der Waals surface area contributed by atoms with Crippen LogP contribution in [0.4, 0.5) is 0 Å². The van der Waals surface area contributed by atoms with Crippen LogP contribution in [0.5, 0.6) is 0 Å². The van der Waals surface area contributed by atoms with Gasteiger partial charge >= 0.3 is 0 Å². The fourth-order valence-electron chi connectivity index (χ4n) is 3.41. The van der Waals surface area contributed by atoms with Gasteiger partial charge in [0.15, 0.2) is 5.96 Å². The lowest BCUT2D eigenvalue weighted by Crippen LogP contribution is -2.56. The van der Waals surface area contributed by atoms with Crippen molar-refractivity contribution in [2.45, 2.75) is 44.7 Å². The predicted molar refractivity (Wildman–Crippen MR) is 91.0 cm³/mol. The fourth-order valence-corrected chi connectivity index (χ4v) is 3.41. The number of likely N-dealkylation sites (N-methyl/N-ethyl adjacent to an activating group) is 1. The van der Waals surface area contributed by atoms with Crippen molar-refractivity contribution in [1.82, 2.24) is 15.5 Å². The number of nitrogens with one attached hydrogen (secondary N) is 2. The summed E-state index contributed by atoms with van der Waals surface area (Å²) in [6.07, 6.45) is 6.83. The van der Waals surface area contributed by atoms with Crippen molar-refractivity contribution in [1.29, 1.82) is 0 Å². The SMILES string of the molecule is CN=C(NCc1ccco1)NCC1(N(C)C)CCCC(C)C1. The molecule has 1 heterocycles. The Morgan fingerprint density at radius 2 is 2.27 bits per heavy atom. The number of nitrogens with zero attached hydrogens (tertiary/aromatic N) is 2. The molecule has 0 aliphatic heterocycles. The average molecular weight is 306 g/mol. The first-order valence-electron chi connectivity index (χ1n) is 8.20. The van der Waals surface area contributed by atoms with E-state index in [4.69, 9.17) is 4.42 Å². The summed E-state index contributed by atoms with van der Waals surface area (Å²) < 4.78 is 5.34. The van der Waals surface area contributed by atoms with Crippen LogP contribution in [0.25, 0.3) is 0 Å². The van der Waals surface area contributed by atoms with Gasteiger partial charge in [0.25, 0.3) is 0 Å². The maximum Gasteiger partial charge on any atom is 0.191 e. The Morgan fingerprint density at radius 3 is 2.86 bits per heavy atom. The van der Waals surface area contributed by atoms with Crippen LogP contribution in [-0.4, -0.2) is 44.1 Å². The number of hydrogen-bond acceptors (Lipinski definition) is 3. The molecule has 5 nitrogen and oxygen atoms in total. The third-order valence-electron chi connectivity index (χ3n) is 4.83. The number of aliphatic imine (C=N–C) groups is 1. The Kier molecular flexibility index (Phi) is 5.89. The Balaban J connectivity index is 1.89. The van der Waals surface area contributed by atoms with Gasteiger partial charge in [0.1, 0.15) is 5.76 Å². The zero-order valence-corrected chi connectivity index (χ0v) is 14.4. The van der Waals surface area contributed by atoms with Gasteiger partial charge in [-0.25, -0.2) is 0 Å². The van der Waals surface area contributed by atoms with Crippen molar-refractivity contribution < 1.29 is 4.42 Å². The summed E-state index contributed by atoms with van der Waals surface area (Å²) in [5, 5.41) is 6.81. The van der Waals surface area contributed by atoms with Crippen molar-refractivity contribution in [2.24, 2.45) is 10.9 Å². The van der Waals surface area contributed by atoms with Crippen molar-refractivity contribution in [3.8, 4) is 0 Å². The molecular formula is C17H30N4O. The average Bonchev–Trinajstić information content (AvgIpc) is 3.00. The molecule has 0 amide bonds. The van der Waals surface area contributed by atoms with Crippen LogP contribution in [-0.2, 0) is 6.54 Å². The molecule has 1 aliphatic rings. The second-order valence-electron chi connectivity index (χ2n) is 6.68. The number of guanidine groups is 1. The lowest BCUT2D eigenvalue weighted by Gasteiger charge is -2.45. The van der Waals surface area contributed by atoms with Crippen molar-refractivity contribution >= 4 is 5.96 Å². The van der Waals surface area contributed by atoms with E-state index in [0.717, 1.165) is 24.2 Å². The predicted octanol–water partition coefficient (Wildman–Crippen LogP) is 2.46.